The minimum atomic E-state index is -3.86. The van der Waals surface area contributed by atoms with Gasteiger partial charge < -0.3 is 5.32 Å². The van der Waals surface area contributed by atoms with E-state index in [9.17, 15) is 17.6 Å². The molecule has 0 saturated heterocycles. The molecule has 1 N–H and O–H groups in total. The zero-order valence-electron chi connectivity index (χ0n) is 17.8. The van der Waals surface area contributed by atoms with E-state index in [1.807, 2.05) is 12.1 Å². The van der Waals surface area contributed by atoms with Crippen molar-refractivity contribution in [3.63, 3.8) is 0 Å². The summed E-state index contributed by atoms with van der Waals surface area (Å²) >= 11 is 0. The van der Waals surface area contributed by atoms with Gasteiger partial charge >= 0.3 is 0 Å². The van der Waals surface area contributed by atoms with Gasteiger partial charge in [-0.05, 0) is 52.9 Å². The normalized spacial score (nSPS) is 12.9. The van der Waals surface area contributed by atoms with Gasteiger partial charge in [-0.2, -0.15) is 0 Å². The first-order valence-corrected chi connectivity index (χ1v) is 11.6. The number of hydrogen-bond donors (Lipinski definition) is 1. The van der Waals surface area contributed by atoms with Crippen molar-refractivity contribution in [1.29, 1.82) is 0 Å². The molecule has 0 aliphatic carbocycles. The molecular weight excluding hydrogens is 413 g/mol. The summed E-state index contributed by atoms with van der Waals surface area (Å²) in [5.74, 6) is -0.863. The molecule has 0 fully saturated rings. The maximum atomic E-state index is 13.3. The molecule has 4 nitrogen and oxygen atoms in total. The Bertz CT molecular complexity index is 1130. The van der Waals surface area contributed by atoms with E-state index in [4.69, 9.17) is 0 Å². The van der Waals surface area contributed by atoms with Gasteiger partial charge in [0, 0.05) is 12.1 Å². The summed E-state index contributed by atoms with van der Waals surface area (Å²) in [5.41, 5.74) is 2.08. The van der Waals surface area contributed by atoms with Gasteiger partial charge in [-0.15, -0.1) is 0 Å². The van der Waals surface area contributed by atoms with E-state index in [-0.39, 0.29) is 22.8 Å². The van der Waals surface area contributed by atoms with E-state index in [0.717, 1.165) is 17.7 Å². The van der Waals surface area contributed by atoms with Crippen LogP contribution in [0.25, 0.3) is 0 Å². The number of sulfone groups is 1. The highest BCUT2D eigenvalue weighted by molar-refractivity contribution is 7.91. The number of carbonyl (C=O) groups is 1. The second-order valence-corrected chi connectivity index (χ2v) is 10.6. The Labute approximate surface area is 183 Å². The molecule has 1 amide bonds. The molecule has 162 valence electrons. The Balaban J connectivity index is 1.84. The Hall–Kier alpha value is -2.99. The van der Waals surface area contributed by atoms with Crippen LogP contribution in [-0.4, -0.2) is 20.9 Å². The summed E-state index contributed by atoms with van der Waals surface area (Å²) < 4.78 is 39.8. The fraction of sp³-hybridized carbons (Fsp3) is 0.240. The molecule has 3 aromatic rings. The van der Waals surface area contributed by atoms with Crippen LogP contribution in [0.15, 0.2) is 83.8 Å². The van der Waals surface area contributed by atoms with E-state index in [1.54, 1.807) is 42.5 Å². The first-order chi connectivity index (χ1) is 14.6. The number of halogens is 1. The van der Waals surface area contributed by atoms with Crippen molar-refractivity contribution in [3.05, 3.63) is 101 Å². The molecule has 0 bridgehead atoms. The van der Waals surface area contributed by atoms with Gasteiger partial charge in [-0.25, -0.2) is 12.8 Å². The number of carbonyl (C=O) groups excluding carboxylic acids is 1. The first-order valence-electron chi connectivity index (χ1n) is 10.0. The Morgan fingerprint density at radius 3 is 2.03 bits per heavy atom. The lowest BCUT2D eigenvalue weighted by Crippen LogP contribution is -2.32. The minimum Gasteiger partial charge on any atom is -0.350 e. The highest BCUT2D eigenvalue weighted by Crippen LogP contribution is 2.29. The van der Waals surface area contributed by atoms with Crippen molar-refractivity contribution in [1.82, 2.24) is 5.32 Å². The van der Waals surface area contributed by atoms with Crippen molar-refractivity contribution < 1.29 is 17.6 Å². The van der Waals surface area contributed by atoms with Crippen LogP contribution in [-0.2, 0) is 15.3 Å². The zero-order valence-corrected chi connectivity index (χ0v) is 18.6. The SMILES string of the molecule is CC(C)(C)c1ccc(C(=O)NCC(c2ccccc2)S(=O)(=O)c2ccc(F)cc2)cc1. The molecule has 0 saturated carbocycles. The van der Waals surface area contributed by atoms with Gasteiger partial charge in [-0.3, -0.25) is 4.79 Å². The van der Waals surface area contributed by atoms with E-state index in [2.05, 4.69) is 26.1 Å². The first kappa shape index (κ1) is 22.7. The number of nitrogens with one attached hydrogen (secondary N) is 1. The topological polar surface area (TPSA) is 63.2 Å². The smallest absolute Gasteiger partial charge is 0.251 e. The predicted octanol–water partition coefficient (Wildman–Crippen LogP) is 5.07. The average molecular weight is 440 g/mol. The van der Waals surface area contributed by atoms with Gasteiger partial charge in [0.2, 0.25) is 0 Å². The molecule has 0 radical (unpaired) electrons. The molecule has 31 heavy (non-hydrogen) atoms. The summed E-state index contributed by atoms with van der Waals surface area (Å²) in [6.07, 6.45) is 0. The van der Waals surface area contributed by atoms with Crippen LogP contribution < -0.4 is 5.32 Å². The van der Waals surface area contributed by atoms with Crippen molar-refractivity contribution in [2.24, 2.45) is 0 Å². The lowest BCUT2D eigenvalue weighted by atomic mass is 9.87. The summed E-state index contributed by atoms with van der Waals surface area (Å²) in [4.78, 5) is 12.7. The number of rotatable bonds is 6. The lowest BCUT2D eigenvalue weighted by Gasteiger charge is -2.20. The standard InChI is InChI=1S/C25H26FNO3S/c1-25(2,3)20-11-9-19(10-12-20)24(28)27-17-23(18-7-5-4-6-8-18)31(29,30)22-15-13-21(26)14-16-22/h4-16,23H,17H2,1-3H3,(H,27,28). The van der Waals surface area contributed by atoms with Gasteiger partial charge in [0.1, 0.15) is 11.1 Å². The Morgan fingerprint density at radius 1 is 0.903 bits per heavy atom. The number of amides is 1. The van der Waals surface area contributed by atoms with Crippen LogP contribution in [0.2, 0.25) is 0 Å². The van der Waals surface area contributed by atoms with Gasteiger partial charge in [0.15, 0.2) is 9.84 Å². The third kappa shape index (κ3) is 5.39. The maximum absolute atomic E-state index is 13.3. The molecule has 0 aliphatic rings. The number of hydrogen-bond acceptors (Lipinski definition) is 3. The maximum Gasteiger partial charge on any atom is 0.251 e. The van der Waals surface area contributed by atoms with Crippen LogP contribution in [0, 0.1) is 5.82 Å². The van der Waals surface area contributed by atoms with Gasteiger partial charge in [-0.1, -0.05) is 63.2 Å². The van der Waals surface area contributed by atoms with Crippen molar-refractivity contribution in [3.8, 4) is 0 Å². The molecule has 3 aromatic carbocycles. The Morgan fingerprint density at radius 2 is 1.48 bits per heavy atom. The summed E-state index contributed by atoms with van der Waals surface area (Å²) in [5, 5.41) is 1.75. The second kappa shape index (κ2) is 9.02. The fourth-order valence-electron chi connectivity index (χ4n) is 3.27. The lowest BCUT2D eigenvalue weighted by molar-refractivity contribution is 0.0953. The molecule has 6 heteroatoms. The monoisotopic (exact) mass is 439 g/mol. The highest BCUT2D eigenvalue weighted by atomic mass is 32.2. The van der Waals surface area contributed by atoms with Crippen LogP contribution in [0.3, 0.4) is 0 Å². The largest absolute Gasteiger partial charge is 0.350 e. The summed E-state index contributed by atoms with van der Waals surface area (Å²) in [6.45, 7) is 6.16. The highest BCUT2D eigenvalue weighted by Gasteiger charge is 2.29. The van der Waals surface area contributed by atoms with Gasteiger partial charge in [0.25, 0.3) is 5.91 Å². The van der Waals surface area contributed by atoms with E-state index in [0.29, 0.717) is 11.1 Å². The van der Waals surface area contributed by atoms with E-state index >= 15 is 0 Å². The van der Waals surface area contributed by atoms with Crippen LogP contribution in [0.4, 0.5) is 4.39 Å². The third-order valence-corrected chi connectivity index (χ3v) is 7.27. The summed E-state index contributed by atoms with van der Waals surface area (Å²) in [6, 6.07) is 20.7. The minimum absolute atomic E-state index is 0.00605. The van der Waals surface area contributed by atoms with Crippen molar-refractivity contribution in [2.75, 3.05) is 6.54 Å². The summed E-state index contributed by atoms with van der Waals surface area (Å²) in [7, 11) is -3.86. The molecule has 0 spiro atoms. The molecule has 0 heterocycles. The molecule has 0 aliphatic heterocycles. The Kier molecular flexibility index (Phi) is 6.60. The number of benzene rings is 3. The van der Waals surface area contributed by atoms with E-state index in [1.165, 1.54) is 12.1 Å². The fourth-order valence-corrected chi connectivity index (χ4v) is 4.93. The molecule has 3 rings (SSSR count). The molecular formula is C25H26FNO3S. The molecule has 1 atom stereocenters. The van der Waals surface area contributed by atoms with Crippen molar-refractivity contribution in [2.45, 2.75) is 36.3 Å². The second-order valence-electron chi connectivity index (χ2n) is 8.44. The quantitative estimate of drug-likeness (QED) is 0.546. The predicted molar refractivity (Wildman–Crippen MR) is 120 cm³/mol. The van der Waals surface area contributed by atoms with Crippen LogP contribution in [0.5, 0.6) is 0 Å². The third-order valence-electron chi connectivity index (χ3n) is 5.15. The molecule has 0 aromatic heterocycles. The molecule has 1 unspecified atom stereocenters. The average Bonchev–Trinajstić information content (AvgIpc) is 2.74. The van der Waals surface area contributed by atoms with Crippen LogP contribution >= 0.6 is 0 Å². The van der Waals surface area contributed by atoms with Crippen LogP contribution in [0.1, 0.15) is 47.5 Å². The van der Waals surface area contributed by atoms with Gasteiger partial charge in [0.05, 0.1) is 4.90 Å². The van der Waals surface area contributed by atoms with Crippen molar-refractivity contribution >= 4 is 15.7 Å². The van der Waals surface area contributed by atoms with E-state index < -0.39 is 20.9 Å². The zero-order chi connectivity index (χ0) is 22.6.